The first kappa shape index (κ1) is 20.4. The topological polar surface area (TPSA) is 75.9 Å². The third-order valence-electron chi connectivity index (χ3n) is 4.52. The van der Waals surface area contributed by atoms with Crippen LogP contribution in [0.3, 0.4) is 0 Å². The van der Waals surface area contributed by atoms with Gasteiger partial charge < -0.3 is 14.5 Å². The Balaban J connectivity index is 1.70. The van der Waals surface area contributed by atoms with Crippen LogP contribution in [-0.2, 0) is 0 Å². The second-order valence-electron chi connectivity index (χ2n) is 6.25. The van der Waals surface area contributed by atoms with Crippen molar-refractivity contribution in [3.05, 3.63) is 61.6 Å². The largest absolute Gasteiger partial charge is 0.493 e. The van der Waals surface area contributed by atoms with Gasteiger partial charge in [-0.2, -0.15) is 0 Å². The van der Waals surface area contributed by atoms with E-state index in [2.05, 4.69) is 15.9 Å². The Labute approximate surface area is 176 Å². The summed E-state index contributed by atoms with van der Waals surface area (Å²) in [5.41, 5.74) is 1.06. The molecule has 1 amide bonds. The molecular weight excluding hydrogens is 450 g/mol. The van der Waals surface area contributed by atoms with Crippen LogP contribution >= 0.6 is 27.5 Å². The first-order valence-electron chi connectivity index (χ1n) is 8.81. The molecule has 2 aromatic carbocycles. The Kier molecular flexibility index (Phi) is 6.41. The summed E-state index contributed by atoms with van der Waals surface area (Å²) in [5, 5.41) is 11.6. The highest BCUT2D eigenvalue weighted by atomic mass is 79.9. The summed E-state index contributed by atoms with van der Waals surface area (Å²) >= 11 is 9.32. The van der Waals surface area contributed by atoms with Crippen LogP contribution in [0.5, 0.6) is 5.75 Å². The lowest BCUT2D eigenvalue weighted by Gasteiger charge is -2.36. The highest BCUT2D eigenvalue weighted by Gasteiger charge is 2.26. The molecule has 0 radical (unpaired) electrons. The number of benzene rings is 2. The van der Waals surface area contributed by atoms with Gasteiger partial charge in [-0.1, -0.05) is 11.6 Å². The maximum Gasteiger partial charge on any atom is 0.294 e. The molecular formula is C19H19BrClN3O4. The number of nitrogens with zero attached hydrogens (tertiary/aromatic N) is 3. The van der Waals surface area contributed by atoms with E-state index in [0.717, 1.165) is 4.47 Å². The molecule has 0 aromatic heterocycles. The first-order chi connectivity index (χ1) is 13.4. The van der Waals surface area contributed by atoms with Crippen molar-refractivity contribution in [3.8, 4) is 5.75 Å². The minimum Gasteiger partial charge on any atom is -0.493 e. The fraction of sp³-hybridized carbons (Fsp3) is 0.316. The average molecular weight is 469 g/mol. The number of ether oxygens (including phenoxy) is 1. The molecule has 0 aliphatic carbocycles. The SMILES string of the molecule is CCOc1ccc(C(=O)N2CCN(c3ccc(Cl)cc3[N+](=O)[O-])CC2)cc1Br. The number of carbonyl (C=O) groups excluding carboxylic acids is 1. The predicted molar refractivity (Wildman–Crippen MR) is 112 cm³/mol. The third kappa shape index (κ3) is 4.39. The van der Waals surface area contributed by atoms with E-state index in [0.29, 0.717) is 54.8 Å². The predicted octanol–water partition coefficient (Wildman–Crippen LogP) is 4.37. The Morgan fingerprint density at radius 1 is 1.21 bits per heavy atom. The molecule has 0 saturated carbocycles. The van der Waals surface area contributed by atoms with Crippen LogP contribution in [0.4, 0.5) is 11.4 Å². The Bertz CT molecular complexity index is 901. The molecule has 1 aliphatic heterocycles. The van der Waals surface area contributed by atoms with Crippen LogP contribution in [0, 0.1) is 10.1 Å². The summed E-state index contributed by atoms with van der Waals surface area (Å²) in [4.78, 5) is 27.4. The van der Waals surface area contributed by atoms with E-state index >= 15 is 0 Å². The van der Waals surface area contributed by atoms with E-state index in [9.17, 15) is 14.9 Å². The Morgan fingerprint density at radius 2 is 1.93 bits per heavy atom. The van der Waals surface area contributed by atoms with E-state index in [4.69, 9.17) is 16.3 Å². The van der Waals surface area contributed by atoms with Crippen molar-refractivity contribution in [2.75, 3.05) is 37.7 Å². The van der Waals surface area contributed by atoms with Crippen molar-refractivity contribution in [1.29, 1.82) is 0 Å². The highest BCUT2D eigenvalue weighted by molar-refractivity contribution is 9.10. The highest BCUT2D eigenvalue weighted by Crippen LogP contribution is 2.32. The van der Waals surface area contributed by atoms with Crippen molar-refractivity contribution < 1.29 is 14.5 Å². The van der Waals surface area contributed by atoms with Gasteiger partial charge in [-0.05, 0) is 53.2 Å². The quantitative estimate of drug-likeness (QED) is 0.481. The molecule has 0 bridgehead atoms. The van der Waals surface area contributed by atoms with E-state index in [1.807, 2.05) is 11.8 Å². The molecule has 148 valence electrons. The number of hydrogen-bond acceptors (Lipinski definition) is 5. The molecule has 9 heteroatoms. The van der Waals surface area contributed by atoms with Crippen LogP contribution in [0.25, 0.3) is 0 Å². The first-order valence-corrected chi connectivity index (χ1v) is 9.98. The molecule has 0 N–H and O–H groups in total. The number of hydrogen-bond donors (Lipinski definition) is 0. The fourth-order valence-corrected chi connectivity index (χ4v) is 3.81. The number of halogens is 2. The van der Waals surface area contributed by atoms with Crippen molar-refractivity contribution in [2.24, 2.45) is 0 Å². The van der Waals surface area contributed by atoms with E-state index in [-0.39, 0.29) is 11.6 Å². The number of carbonyl (C=O) groups is 1. The van der Waals surface area contributed by atoms with Gasteiger partial charge in [-0.15, -0.1) is 0 Å². The van der Waals surface area contributed by atoms with Gasteiger partial charge in [0.25, 0.3) is 11.6 Å². The monoisotopic (exact) mass is 467 g/mol. The zero-order chi connectivity index (χ0) is 20.3. The molecule has 28 heavy (non-hydrogen) atoms. The van der Waals surface area contributed by atoms with E-state index < -0.39 is 4.92 Å². The summed E-state index contributed by atoms with van der Waals surface area (Å²) in [6.07, 6.45) is 0. The van der Waals surface area contributed by atoms with Crippen LogP contribution in [0.15, 0.2) is 40.9 Å². The molecule has 0 atom stereocenters. The van der Waals surface area contributed by atoms with Gasteiger partial charge in [0, 0.05) is 42.8 Å². The third-order valence-corrected chi connectivity index (χ3v) is 5.38. The Hall–Kier alpha value is -2.32. The van der Waals surface area contributed by atoms with Crippen LogP contribution in [-0.4, -0.2) is 48.5 Å². The normalized spacial score (nSPS) is 14.1. The summed E-state index contributed by atoms with van der Waals surface area (Å²) in [6, 6.07) is 9.92. The molecule has 0 unspecified atom stereocenters. The minimum atomic E-state index is -0.434. The van der Waals surface area contributed by atoms with Gasteiger partial charge >= 0.3 is 0 Å². The number of amides is 1. The van der Waals surface area contributed by atoms with Gasteiger partial charge in [0.15, 0.2) is 0 Å². The Morgan fingerprint density at radius 3 is 2.54 bits per heavy atom. The van der Waals surface area contributed by atoms with Gasteiger partial charge in [0.05, 0.1) is 16.0 Å². The molecule has 0 spiro atoms. The summed E-state index contributed by atoms with van der Waals surface area (Å²) < 4.78 is 6.21. The number of nitro benzene ring substituents is 1. The summed E-state index contributed by atoms with van der Waals surface area (Å²) in [5.74, 6) is 0.618. The lowest BCUT2D eigenvalue weighted by molar-refractivity contribution is -0.384. The number of rotatable bonds is 5. The zero-order valence-corrected chi connectivity index (χ0v) is 17.6. The van der Waals surface area contributed by atoms with Crippen molar-refractivity contribution in [3.63, 3.8) is 0 Å². The fourth-order valence-electron chi connectivity index (χ4n) is 3.15. The summed E-state index contributed by atoms with van der Waals surface area (Å²) in [6.45, 7) is 4.41. The molecule has 1 fully saturated rings. The molecule has 7 nitrogen and oxygen atoms in total. The van der Waals surface area contributed by atoms with Crippen LogP contribution < -0.4 is 9.64 Å². The zero-order valence-electron chi connectivity index (χ0n) is 15.2. The second kappa shape index (κ2) is 8.79. The smallest absolute Gasteiger partial charge is 0.294 e. The molecule has 1 saturated heterocycles. The summed E-state index contributed by atoms with van der Waals surface area (Å²) in [7, 11) is 0. The average Bonchev–Trinajstić information content (AvgIpc) is 2.69. The molecule has 1 aliphatic rings. The molecule has 2 aromatic rings. The number of piperazine rings is 1. The number of nitro groups is 1. The maximum atomic E-state index is 12.8. The van der Waals surface area contributed by atoms with Crippen LogP contribution in [0.1, 0.15) is 17.3 Å². The van der Waals surface area contributed by atoms with Gasteiger partial charge in [0.2, 0.25) is 0 Å². The van der Waals surface area contributed by atoms with Crippen molar-refractivity contribution in [1.82, 2.24) is 4.90 Å². The molecule has 1 heterocycles. The molecule has 3 rings (SSSR count). The minimum absolute atomic E-state index is 0.0253. The lowest BCUT2D eigenvalue weighted by atomic mass is 10.1. The van der Waals surface area contributed by atoms with Crippen LogP contribution in [0.2, 0.25) is 5.02 Å². The standard InChI is InChI=1S/C19H19BrClN3O4/c1-2-28-18-6-3-13(11-15(18)20)19(25)23-9-7-22(8-10-23)16-5-4-14(21)12-17(16)24(26)27/h3-6,11-12H,2,7-10H2,1H3. The van der Waals surface area contributed by atoms with Gasteiger partial charge in [-0.25, -0.2) is 0 Å². The number of anilines is 1. The van der Waals surface area contributed by atoms with Crippen molar-refractivity contribution >= 4 is 44.8 Å². The lowest BCUT2D eigenvalue weighted by Crippen LogP contribution is -2.49. The van der Waals surface area contributed by atoms with E-state index in [1.54, 1.807) is 35.2 Å². The van der Waals surface area contributed by atoms with Crippen molar-refractivity contribution in [2.45, 2.75) is 6.92 Å². The maximum absolute atomic E-state index is 12.8. The van der Waals surface area contributed by atoms with E-state index in [1.165, 1.54) is 6.07 Å². The second-order valence-corrected chi connectivity index (χ2v) is 7.54. The van der Waals surface area contributed by atoms with Gasteiger partial charge in [-0.3, -0.25) is 14.9 Å². The van der Waals surface area contributed by atoms with Gasteiger partial charge in [0.1, 0.15) is 11.4 Å².